The highest BCUT2D eigenvalue weighted by molar-refractivity contribution is 7.17. The molecule has 1 unspecified atom stereocenters. The van der Waals surface area contributed by atoms with E-state index in [0.29, 0.717) is 6.54 Å². The Morgan fingerprint density at radius 2 is 2.15 bits per heavy atom. The predicted molar refractivity (Wildman–Crippen MR) is 112 cm³/mol. The first-order valence-corrected chi connectivity index (χ1v) is 10.4. The van der Waals surface area contributed by atoms with Crippen LogP contribution in [0, 0.1) is 19.8 Å². The standard InChI is InChI=1S/C22H25N3OS/c1-15-5-6-17(12-16(15)2)13-24-22(26)18-4-3-10-25(14-18)21-19-8-11-27-20(19)7-9-23-21/h5-9,11-12,18H,3-4,10,13-14H2,1-2H3,(H,24,26). The largest absolute Gasteiger partial charge is 0.355 e. The molecule has 5 heteroatoms. The second-order valence-corrected chi connectivity index (χ2v) is 8.34. The van der Waals surface area contributed by atoms with E-state index in [9.17, 15) is 4.79 Å². The summed E-state index contributed by atoms with van der Waals surface area (Å²) in [6, 6.07) is 10.6. The monoisotopic (exact) mass is 379 g/mol. The van der Waals surface area contributed by atoms with Crippen molar-refractivity contribution in [3.8, 4) is 0 Å². The molecule has 2 aromatic heterocycles. The average Bonchev–Trinajstić information content (AvgIpc) is 3.17. The van der Waals surface area contributed by atoms with E-state index in [4.69, 9.17) is 0 Å². The molecule has 1 aliphatic heterocycles. The SMILES string of the molecule is Cc1ccc(CNC(=O)C2CCCN(c3nccc4sccc34)C2)cc1C. The first kappa shape index (κ1) is 18.0. The number of nitrogens with zero attached hydrogens (tertiary/aromatic N) is 2. The first-order valence-electron chi connectivity index (χ1n) is 9.53. The molecule has 0 bridgehead atoms. The Hall–Kier alpha value is -2.40. The number of anilines is 1. The number of rotatable bonds is 4. The van der Waals surface area contributed by atoms with Crippen LogP contribution in [-0.2, 0) is 11.3 Å². The lowest BCUT2D eigenvalue weighted by Crippen LogP contribution is -2.43. The van der Waals surface area contributed by atoms with Crippen molar-refractivity contribution in [1.29, 1.82) is 0 Å². The minimum atomic E-state index is 0.0148. The quantitative estimate of drug-likeness (QED) is 0.729. The van der Waals surface area contributed by atoms with Crippen molar-refractivity contribution >= 4 is 33.1 Å². The number of pyridine rings is 1. The number of benzene rings is 1. The van der Waals surface area contributed by atoms with E-state index >= 15 is 0 Å². The zero-order valence-corrected chi connectivity index (χ0v) is 16.7. The van der Waals surface area contributed by atoms with Crippen LogP contribution in [0.2, 0.25) is 0 Å². The Morgan fingerprint density at radius 1 is 1.26 bits per heavy atom. The fraction of sp³-hybridized carbons (Fsp3) is 0.364. The molecule has 0 spiro atoms. The number of hydrogen-bond donors (Lipinski definition) is 1. The van der Waals surface area contributed by atoms with Gasteiger partial charge in [-0.2, -0.15) is 0 Å². The smallest absolute Gasteiger partial charge is 0.225 e. The number of aromatic nitrogens is 1. The van der Waals surface area contributed by atoms with Gasteiger partial charge in [0.1, 0.15) is 5.82 Å². The average molecular weight is 380 g/mol. The van der Waals surface area contributed by atoms with Gasteiger partial charge in [-0.3, -0.25) is 4.79 Å². The van der Waals surface area contributed by atoms with Crippen LogP contribution >= 0.6 is 11.3 Å². The van der Waals surface area contributed by atoms with Crippen LogP contribution in [0.3, 0.4) is 0 Å². The van der Waals surface area contributed by atoms with Gasteiger partial charge < -0.3 is 10.2 Å². The molecule has 1 fully saturated rings. The van der Waals surface area contributed by atoms with E-state index in [1.165, 1.54) is 21.2 Å². The number of piperidine rings is 1. The zero-order valence-electron chi connectivity index (χ0n) is 15.9. The van der Waals surface area contributed by atoms with Crippen molar-refractivity contribution in [1.82, 2.24) is 10.3 Å². The van der Waals surface area contributed by atoms with E-state index in [1.807, 2.05) is 6.20 Å². The summed E-state index contributed by atoms with van der Waals surface area (Å²) in [7, 11) is 0. The van der Waals surface area contributed by atoms with Gasteiger partial charge in [0.25, 0.3) is 0 Å². The minimum absolute atomic E-state index is 0.0148. The van der Waals surface area contributed by atoms with Crippen LogP contribution in [0.15, 0.2) is 41.9 Å². The second kappa shape index (κ2) is 7.69. The van der Waals surface area contributed by atoms with Crippen molar-refractivity contribution in [2.24, 2.45) is 5.92 Å². The highest BCUT2D eigenvalue weighted by atomic mass is 32.1. The van der Waals surface area contributed by atoms with Gasteiger partial charge in [0.15, 0.2) is 0 Å². The fourth-order valence-corrected chi connectivity index (χ4v) is 4.54. The lowest BCUT2D eigenvalue weighted by molar-refractivity contribution is -0.125. The molecule has 0 saturated carbocycles. The third-order valence-electron chi connectivity index (χ3n) is 5.49. The van der Waals surface area contributed by atoms with Gasteiger partial charge >= 0.3 is 0 Å². The third-order valence-corrected chi connectivity index (χ3v) is 6.37. The number of amides is 1. The lowest BCUT2D eigenvalue weighted by Gasteiger charge is -2.33. The van der Waals surface area contributed by atoms with E-state index in [1.54, 1.807) is 11.3 Å². The van der Waals surface area contributed by atoms with Crippen LogP contribution in [-0.4, -0.2) is 24.0 Å². The van der Waals surface area contributed by atoms with Crippen molar-refractivity contribution in [3.05, 3.63) is 58.6 Å². The van der Waals surface area contributed by atoms with Crippen molar-refractivity contribution < 1.29 is 4.79 Å². The summed E-state index contributed by atoms with van der Waals surface area (Å²) in [5, 5.41) is 6.43. The Morgan fingerprint density at radius 3 is 3.00 bits per heavy atom. The van der Waals surface area contributed by atoms with Gasteiger partial charge in [0, 0.05) is 35.9 Å². The summed E-state index contributed by atoms with van der Waals surface area (Å²) in [6.07, 6.45) is 3.83. The molecular formula is C22H25N3OS. The van der Waals surface area contributed by atoms with Crippen molar-refractivity contribution in [2.75, 3.05) is 18.0 Å². The molecule has 1 amide bonds. The molecule has 27 heavy (non-hydrogen) atoms. The van der Waals surface area contributed by atoms with Crippen molar-refractivity contribution in [3.63, 3.8) is 0 Å². The molecule has 1 saturated heterocycles. The Balaban J connectivity index is 1.42. The van der Waals surface area contributed by atoms with E-state index in [-0.39, 0.29) is 11.8 Å². The first-order chi connectivity index (χ1) is 13.1. The second-order valence-electron chi connectivity index (χ2n) is 7.39. The third kappa shape index (κ3) is 3.83. The molecule has 3 heterocycles. The Kier molecular flexibility index (Phi) is 5.12. The molecule has 1 aromatic carbocycles. The summed E-state index contributed by atoms with van der Waals surface area (Å²) in [6.45, 7) is 6.51. The molecule has 1 atom stereocenters. The van der Waals surface area contributed by atoms with E-state index < -0.39 is 0 Å². The predicted octanol–water partition coefficient (Wildman–Crippen LogP) is 4.45. The topological polar surface area (TPSA) is 45.2 Å². The van der Waals surface area contributed by atoms with Crippen LogP contribution in [0.5, 0.6) is 0 Å². The molecular weight excluding hydrogens is 354 g/mol. The summed E-state index contributed by atoms with van der Waals surface area (Å²) in [5.74, 6) is 1.18. The van der Waals surface area contributed by atoms with Crippen LogP contribution < -0.4 is 10.2 Å². The summed E-state index contributed by atoms with van der Waals surface area (Å²) < 4.78 is 1.25. The molecule has 4 nitrogen and oxygen atoms in total. The van der Waals surface area contributed by atoms with Crippen LogP contribution in [0.1, 0.15) is 29.5 Å². The zero-order chi connectivity index (χ0) is 18.8. The highest BCUT2D eigenvalue weighted by Gasteiger charge is 2.27. The number of nitrogens with one attached hydrogen (secondary N) is 1. The van der Waals surface area contributed by atoms with Gasteiger partial charge in [0.05, 0.1) is 5.92 Å². The summed E-state index contributed by atoms with van der Waals surface area (Å²) in [5.41, 5.74) is 3.70. The van der Waals surface area contributed by atoms with Gasteiger partial charge in [-0.25, -0.2) is 4.98 Å². The van der Waals surface area contributed by atoms with Gasteiger partial charge in [-0.15, -0.1) is 11.3 Å². The maximum Gasteiger partial charge on any atom is 0.225 e. The summed E-state index contributed by atoms with van der Waals surface area (Å²) >= 11 is 1.73. The molecule has 1 N–H and O–H groups in total. The van der Waals surface area contributed by atoms with Gasteiger partial charge in [-0.05, 0) is 60.9 Å². The highest BCUT2D eigenvalue weighted by Crippen LogP contribution is 2.31. The maximum atomic E-state index is 12.8. The van der Waals surface area contributed by atoms with Crippen LogP contribution in [0.4, 0.5) is 5.82 Å². The fourth-order valence-electron chi connectivity index (χ4n) is 3.76. The maximum absolute atomic E-state index is 12.8. The number of carbonyl (C=O) groups excluding carboxylic acids is 1. The minimum Gasteiger partial charge on any atom is -0.355 e. The molecule has 0 radical (unpaired) electrons. The number of hydrogen-bond acceptors (Lipinski definition) is 4. The molecule has 140 valence electrons. The van der Waals surface area contributed by atoms with Gasteiger partial charge in [0.2, 0.25) is 5.91 Å². The van der Waals surface area contributed by atoms with Crippen molar-refractivity contribution in [2.45, 2.75) is 33.2 Å². The number of carbonyl (C=O) groups is 1. The molecule has 3 aromatic rings. The summed E-state index contributed by atoms with van der Waals surface area (Å²) in [4.78, 5) is 19.6. The Bertz CT molecular complexity index is 965. The Labute approximate surface area is 164 Å². The molecule has 0 aliphatic carbocycles. The lowest BCUT2D eigenvalue weighted by atomic mass is 9.96. The molecule has 1 aliphatic rings. The molecule has 4 rings (SSSR count). The van der Waals surface area contributed by atoms with Gasteiger partial charge in [-0.1, -0.05) is 18.2 Å². The number of thiophene rings is 1. The van der Waals surface area contributed by atoms with E-state index in [2.05, 4.69) is 64.8 Å². The number of aryl methyl sites for hydroxylation is 2. The normalized spacial score (nSPS) is 17.3. The van der Waals surface area contributed by atoms with Crippen LogP contribution in [0.25, 0.3) is 10.1 Å². The number of fused-ring (bicyclic) bond motifs is 1. The van der Waals surface area contributed by atoms with E-state index in [0.717, 1.165) is 37.3 Å².